The number of hydrogen-bond donors (Lipinski definition) is 0. The van der Waals surface area contributed by atoms with Crippen molar-refractivity contribution < 1.29 is 13.2 Å². The maximum Gasteiger partial charge on any atom is 0.225 e. The maximum absolute atomic E-state index is 12.2. The summed E-state index contributed by atoms with van der Waals surface area (Å²) in [6.07, 6.45) is 6.95. The fourth-order valence-electron chi connectivity index (χ4n) is 3.73. The highest BCUT2D eigenvalue weighted by Gasteiger charge is 2.49. The number of carbonyl (C=O) groups excluding carboxylic acids is 1. The zero-order chi connectivity index (χ0) is 13.7. The molecule has 1 spiro atoms. The van der Waals surface area contributed by atoms with Crippen molar-refractivity contribution in [1.29, 1.82) is 0 Å². The highest BCUT2D eigenvalue weighted by Crippen LogP contribution is 2.40. The lowest BCUT2D eigenvalue weighted by atomic mass is 9.87. The normalized spacial score (nSPS) is 33.0. The van der Waals surface area contributed by atoms with Crippen LogP contribution in [-0.4, -0.2) is 55.0 Å². The van der Waals surface area contributed by atoms with Gasteiger partial charge in [-0.25, -0.2) is 8.42 Å². The van der Waals surface area contributed by atoms with Gasteiger partial charge in [-0.05, 0) is 38.5 Å². The zero-order valence-electron chi connectivity index (χ0n) is 11.5. The second-order valence-electron chi connectivity index (χ2n) is 6.30. The average molecular weight is 286 g/mol. The van der Waals surface area contributed by atoms with Crippen LogP contribution in [0.2, 0.25) is 0 Å². The summed E-state index contributed by atoms with van der Waals surface area (Å²) < 4.78 is 25.6. The molecule has 3 fully saturated rings. The molecule has 19 heavy (non-hydrogen) atoms. The standard InChI is InChI=1S/C13H22N2O3S/c1-19(17,18)15-9-3-7-13(15)6-2-8-14(10-13)12(16)11-4-5-11/h11H,2-10H2,1H3/t13-/m0/s1. The molecule has 0 N–H and O–H groups in total. The Morgan fingerprint density at radius 2 is 1.79 bits per heavy atom. The van der Waals surface area contributed by atoms with E-state index in [0.29, 0.717) is 13.1 Å². The molecule has 1 atom stereocenters. The van der Waals surface area contributed by atoms with Crippen molar-refractivity contribution in [3.63, 3.8) is 0 Å². The summed E-state index contributed by atoms with van der Waals surface area (Å²) in [4.78, 5) is 14.1. The Bertz CT molecular complexity index is 486. The minimum absolute atomic E-state index is 0.225. The average Bonchev–Trinajstić information content (AvgIpc) is 3.11. The summed E-state index contributed by atoms with van der Waals surface area (Å²) in [6, 6.07) is 0. The van der Waals surface area contributed by atoms with E-state index in [1.165, 1.54) is 6.26 Å². The Balaban J connectivity index is 1.81. The highest BCUT2D eigenvalue weighted by molar-refractivity contribution is 7.88. The minimum atomic E-state index is -3.17. The summed E-state index contributed by atoms with van der Waals surface area (Å²) in [5.74, 6) is 0.475. The van der Waals surface area contributed by atoms with Crippen molar-refractivity contribution in [3.05, 3.63) is 0 Å². The summed E-state index contributed by atoms with van der Waals surface area (Å²) in [5, 5.41) is 0. The molecule has 0 aromatic heterocycles. The predicted molar refractivity (Wildman–Crippen MR) is 72.1 cm³/mol. The third-order valence-corrected chi connectivity index (χ3v) is 6.10. The van der Waals surface area contributed by atoms with Crippen LogP contribution in [0.15, 0.2) is 0 Å². The van der Waals surface area contributed by atoms with Gasteiger partial charge >= 0.3 is 0 Å². The second kappa shape index (κ2) is 4.45. The molecule has 1 amide bonds. The third-order valence-electron chi connectivity index (χ3n) is 4.73. The molecule has 0 aromatic rings. The molecule has 2 heterocycles. The maximum atomic E-state index is 12.2. The highest BCUT2D eigenvalue weighted by atomic mass is 32.2. The summed E-state index contributed by atoms with van der Waals surface area (Å²) >= 11 is 0. The molecule has 1 aliphatic carbocycles. The number of carbonyl (C=O) groups is 1. The van der Waals surface area contributed by atoms with Gasteiger partial charge in [-0.2, -0.15) is 4.31 Å². The number of sulfonamides is 1. The van der Waals surface area contributed by atoms with Crippen molar-refractivity contribution in [2.45, 2.75) is 44.1 Å². The number of hydrogen-bond acceptors (Lipinski definition) is 3. The molecular weight excluding hydrogens is 264 g/mol. The quantitative estimate of drug-likeness (QED) is 0.755. The minimum Gasteiger partial charge on any atom is -0.341 e. The zero-order valence-corrected chi connectivity index (χ0v) is 12.3. The fourth-order valence-corrected chi connectivity index (χ4v) is 5.13. The second-order valence-corrected chi connectivity index (χ2v) is 8.21. The van der Waals surface area contributed by atoms with Crippen LogP contribution in [0.3, 0.4) is 0 Å². The van der Waals surface area contributed by atoms with Crippen LogP contribution in [0.5, 0.6) is 0 Å². The van der Waals surface area contributed by atoms with Gasteiger partial charge in [-0.15, -0.1) is 0 Å². The molecule has 5 nitrogen and oxygen atoms in total. The number of likely N-dealkylation sites (tertiary alicyclic amines) is 1. The summed E-state index contributed by atoms with van der Waals surface area (Å²) in [7, 11) is -3.17. The van der Waals surface area contributed by atoms with Crippen LogP contribution in [0.1, 0.15) is 38.5 Å². The lowest BCUT2D eigenvalue weighted by Gasteiger charge is -2.44. The molecule has 3 aliphatic rings. The Labute approximate surface area is 115 Å². The molecule has 2 saturated heterocycles. The van der Waals surface area contributed by atoms with Gasteiger partial charge in [-0.1, -0.05) is 0 Å². The van der Waals surface area contributed by atoms with Crippen molar-refractivity contribution in [2.75, 3.05) is 25.9 Å². The molecule has 0 unspecified atom stereocenters. The fraction of sp³-hybridized carbons (Fsp3) is 0.923. The molecule has 1 saturated carbocycles. The molecule has 3 rings (SSSR count). The smallest absolute Gasteiger partial charge is 0.225 e. The molecule has 6 heteroatoms. The SMILES string of the molecule is CS(=O)(=O)N1CCC[C@]12CCCN(C(=O)C1CC1)C2. The van der Waals surface area contributed by atoms with Crippen LogP contribution >= 0.6 is 0 Å². The largest absolute Gasteiger partial charge is 0.341 e. The Morgan fingerprint density at radius 1 is 1.16 bits per heavy atom. The number of amides is 1. The molecule has 2 aliphatic heterocycles. The molecule has 0 bridgehead atoms. The first-order valence-corrected chi connectivity index (χ1v) is 9.04. The van der Waals surface area contributed by atoms with E-state index < -0.39 is 10.0 Å². The van der Waals surface area contributed by atoms with Gasteiger partial charge in [0.05, 0.1) is 11.8 Å². The predicted octanol–water partition coefficient (Wildman–Crippen LogP) is 0.813. The number of rotatable bonds is 2. The van der Waals surface area contributed by atoms with E-state index >= 15 is 0 Å². The van der Waals surface area contributed by atoms with Gasteiger partial charge in [0, 0.05) is 25.6 Å². The van der Waals surface area contributed by atoms with Gasteiger partial charge in [0.15, 0.2) is 0 Å². The van der Waals surface area contributed by atoms with E-state index in [4.69, 9.17) is 0 Å². The van der Waals surface area contributed by atoms with Gasteiger partial charge in [-0.3, -0.25) is 4.79 Å². The van der Waals surface area contributed by atoms with E-state index in [2.05, 4.69) is 0 Å². The first kappa shape index (κ1) is 13.4. The van der Waals surface area contributed by atoms with E-state index in [-0.39, 0.29) is 17.4 Å². The van der Waals surface area contributed by atoms with Gasteiger partial charge in [0.25, 0.3) is 0 Å². The Kier molecular flexibility index (Phi) is 3.13. The first-order valence-electron chi connectivity index (χ1n) is 7.19. The van der Waals surface area contributed by atoms with Crippen molar-refractivity contribution in [1.82, 2.24) is 9.21 Å². The van der Waals surface area contributed by atoms with E-state index in [1.807, 2.05) is 4.90 Å². The number of piperidine rings is 1. The lowest BCUT2D eigenvalue weighted by Crippen LogP contribution is -2.58. The van der Waals surface area contributed by atoms with Crippen LogP contribution in [0, 0.1) is 5.92 Å². The summed E-state index contributed by atoms with van der Waals surface area (Å²) in [5.41, 5.74) is -0.309. The van der Waals surface area contributed by atoms with Crippen molar-refractivity contribution in [3.8, 4) is 0 Å². The Hall–Kier alpha value is -0.620. The van der Waals surface area contributed by atoms with Crippen molar-refractivity contribution >= 4 is 15.9 Å². The van der Waals surface area contributed by atoms with Crippen LogP contribution in [0.4, 0.5) is 0 Å². The molecule has 0 aromatic carbocycles. The molecular formula is C13H22N2O3S. The topological polar surface area (TPSA) is 57.7 Å². The van der Waals surface area contributed by atoms with E-state index in [0.717, 1.165) is 45.1 Å². The van der Waals surface area contributed by atoms with Crippen LogP contribution in [-0.2, 0) is 14.8 Å². The lowest BCUT2D eigenvalue weighted by molar-refractivity contribution is -0.135. The third kappa shape index (κ3) is 2.40. The van der Waals surface area contributed by atoms with Crippen LogP contribution < -0.4 is 0 Å². The van der Waals surface area contributed by atoms with E-state index in [9.17, 15) is 13.2 Å². The Morgan fingerprint density at radius 3 is 2.37 bits per heavy atom. The molecule has 108 valence electrons. The van der Waals surface area contributed by atoms with Gasteiger partial charge in [0.2, 0.25) is 15.9 Å². The first-order chi connectivity index (χ1) is 8.92. The monoisotopic (exact) mass is 286 g/mol. The van der Waals surface area contributed by atoms with Gasteiger partial charge in [0.1, 0.15) is 0 Å². The van der Waals surface area contributed by atoms with Gasteiger partial charge < -0.3 is 4.90 Å². The van der Waals surface area contributed by atoms with Crippen molar-refractivity contribution in [2.24, 2.45) is 5.92 Å². The van der Waals surface area contributed by atoms with E-state index in [1.54, 1.807) is 4.31 Å². The number of nitrogens with zero attached hydrogens (tertiary/aromatic N) is 2. The van der Waals surface area contributed by atoms with Crippen LogP contribution in [0.25, 0.3) is 0 Å². The summed E-state index contributed by atoms with van der Waals surface area (Å²) in [6.45, 7) is 2.02. The molecule has 0 radical (unpaired) electrons.